The van der Waals surface area contributed by atoms with Crippen molar-refractivity contribution in [1.82, 2.24) is 0 Å². The van der Waals surface area contributed by atoms with Gasteiger partial charge in [-0.3, -0.25) is 0 Å². The van der Waals surface area contributed by atoms with Crippen LogP contribution >= 0.6 is 34.8 Å². The van der Waals surface area contributed by atoms with Gasteiger partial charge in [-0.05, 0) is 32.9 Å². The summed E-state index contributed by atoms with van der Waals surface area (Å²) < 4.78 is 5.40. The van der Waals surface area contributed by atoms with Crippen LogP contribution in [0.25, 0.3) is 0 Å². The van der Waals surface area contributed by atoms with Crippen LogP contribution in [0.2, 0.25) is 15.1 Å². The maximum absolute atomic E-state index is 6.09. The molecular weight excluding hydrogens is 280 g/mol. The Morgan fingerprint density at radius 3 is 2.18 bits per heavy atom. The van der Waals surface area contributed by atoms with Gasteiger partial charge >= 0.3 is 0 Å². The number of ether oxygens (including phenoxy) is 1. The van der Waals surface area contributed by atoms with Crippen LogP contribution < -0.4 is 5.32 Å². The number of halogens is 3. The Kier molecular flexibility index (Phi) is 4.96. The Labute approximate surface area is 117 Å². The number of benzene rings is 1. The van der Waals surface area contributed by atoms with Crippen LogP contribution in [0.4, 0.5) is 5.69 Å². The third-order valence-corrected chi connectivity index (χ3v) is 3.99. The van der Waals surface area contributed by atoms with Gasteiger partial charge in [-0.2, -0.15) is 0 Å². The predicted molar refractivity (Wildman–Crippen MR) is 75.6 cm³/mol. The quantitative estimate of drug-likeness (QED) is 0.800. The highest BCUT2D eigenvalue weighted by molar-refractivity contribution is 6.44. The van der Waals surface area contributed by atoms with Crippen molar-refractivity contribution in [1.29, 1.82) is 0 Å². The molecule has 1 aromatic rings. The van der Waals surface area contributed by atoms with E-state index in [0.717, 1.165) is 5.69 Å². The fraction of sp³-hybridized carbons (Fsp3) is 0.500. The Morgan fingerprint density at radius 2 is 1.65 bits per heavy atom. The molecule has 0 saturated heterocycles. The van der Waals surface area contributed by atoms with Gasteiger partial charge in [-0.15, -0.1) is 0 Å². The highest BCUT2D eigenvalue weighted by Crippen LogP contribution is 2.33. The molecule has 17 heavy (non-hydrogen) atoms. The average Bonchev–Trinajstić information content (AvgIpc) is 2.25. The van der Waals surface area contributed by atoms with Crippen LogP contribution in [0.3, 0.4) is 0 Å². The first-order chi connectivity index (χ1) is 7.77. The minimum absolute atomic E-state index is 0.0715. The standard InChI is InChI=1S/C12H16Cl3NO/c1-7(12(2,3)17-4)16-11-6-9(14)8(13)5-10(11)15/h5-7,16H,1-4H3. The maximum atomic E-state index is 6.09. The van der Waals surface area contributed by atoms with E-state index < -0.39 is 0 Å². The van der Waals surface area contributed by atoms with Crippen molar-refractivity contribution in [2.24, 2.45) is 0 Å². The molecule has 0 saturated carbocycles. The van der Waals surface area contributed by atoms with Gasteiger partial charge in [0.05, 0.1) is 32.4 Å². The molecule has 0 fully saturated rings. The topological polar surface area (TPSA) is 21.3 Å². The molecule has 0 aliphatic heterocycles. The molecule has 1 atom stereocenters. The molecule has 5 heteroatoms. The largest absolute Gasteiger partial charge is 0.378 e. The Bertz CT molecular complexity index is 407. The van der Waals surface area contributed by atoms with E-state index in [9.17, 15) is 0 Å². The molecule has 0 radical (unpaired) electrons. The highest BCUT2D eigenvalue weighted by Gasteiger charge is 2.25. The van der Waals surface area contributed by atoms with E-state index in [2.05, 4.69) is 5.32 Å². The monoisotopic (exact) mass is 295 g/mol. The zero-order valence-corrected chi connectivity index (χ0v) is 12.5. The second-order valence-electron chi connectivity index (χ2n) is 4.42. The normalized spacial score (nSPS) is 13.6. The molecule has 1 unspecified atom stereocenters. The molecule has 96 valence electrons. The summed E-state index contributed by atoms with van der Waals surface area (Å²) in [5, 5.41) is 4.73. The summed E-state index contributed by atoms with van der Waals surface area (Å²) in [6.45, 7) is 6.01. The van der Waals surface area contributed by atoms with Crippen LogP contribution in [0.15, 0.2) is 12.1 Å². The molecule has 0 amide bonds. The molecule has 1 N–H and O–H groups in total. The lowest BCUT2D eigenvalue weighted by Gasteiger charge is -2.32. The smallest absolute Gasteiger partial charge is 0.0820 e. The van der Waals surface area contributed by atoms with Gasteiger partial charge in [-0.25, -0.2) is 0 Å². The van der Waals surface area contributed by atoms with E-state index in [1.54, 1.807) is 19.2 Å². The van der Waals surface area contributed by atoms with Crippen molar-refractivity contribution in [3.8, 4) is 0 Å². The first kappa shape index (κ1) is 14.9. The number of methoxy groups -OCH3 is 1. The minimum atomic E-state index is -0.310. The molecule has 0 aliphatic carbocycles. The lowest BCUT2D eigenvalue weighted by molar-refractivity contribution is 0.0107. The highest BCUT2D eigenvalue weighted by atomic mass is 35.5. The molecule has 0 heterocycles. The summed E-state index contributed by atoms with van der Waals surface area (Å²) in [6, 6.07) is 3.41. The lowest BCUT2D eigenvalue weighted by Crippen LogP contribution is -2.41. The van der Waals surface area contributed by atoms with Gasteiger partial charge < -0.3 is 10.1 Å². The van der Waals surface area contributed by atoms with E-state index in [1.165, 1.54) is 0 Å². The number of rotatable bonds is 4. The maximum Gasteiger partial charge on any atom is 0.0820 e. The number of hydrogen-bond acceptors (Lipinski definition) is 2. The van der Waals surface area contributed by atoms with Gasteiger partial charge in [0.1, 0.15) is 0 Å². The van der Waals surface area contributed by atoms with Crippen molar-refractivity contribution in [2.75, 3.05) is 12.4 Å². The zero-order chi connectivity index (χ0) is 13.2. The van der Waals surface area contributed by atoms with Gasteiger partial charge in [0.15, 0.2) is 0 Å². The second kappa shape index (κ2) is 5.66. The Balaban J connectivity index is 2.93. The number of nitrogens with one attached hydrogen (secondary N) is 1. The average molecular weight is 297 g/mol. The van der Waals surface area contributed by atoms with E-state index >= 15 is 0 Å². The number of hydrogen-bond donors (Lipinski definition) is 1. The Hall–Kier alpha value is -0.150. The van der Waals surface area contributed by atoms with E-state index in [0.29, 0.717) is 15.1 Å². The first-order valence-electron chi connectivity index (χ1n) is 5.24. The van der Waals surface area contributed by atoms with E-state index in [1.807, 2.05) is 20.8 Å². The fourth-order valence-electron chi connectivity index (χ4n) is 1.22. The lowest BCUT2D eigenvalue weighted by atomic mass is 10.00. The van der Waals surface area contributed by atoms with Gasteiger partial charge in [0.2, 0.25) is 0 Å². The van der Waals surface area contributed by atoms with E-state index in [-0.39, 0.29) is 11.6 Å². The van der Waals surface area contributed by atoms with Crippen molar-refractivity contribution in [3.63, 3.8) is 0 Å². The molecule has 0 spiro atoms. The molecule has 1 rings (SSSR count). The van der Waals surface area contributed by atoms with Gasteiger partial charge in [0, 0.05) is 7.11 Å². The number of anilines is 1. The van der Waals surface area contributed by atoms with Gasteiger partial charge in [0.25, 0.3) is 0 Å². The van der Waals surface area contributed by atoms with Crippen molar-refractivity contribution < 1.29 is 4.74 Å². The van der Waals surface area contributed by atoms with Crippen LogP contribution in [-0.4, -0.2) is 18.8 Å². The van der Waals surface area contributed by atoms with Crippen molar-refractivity contribution in [3.05, 3.63) is 27.2 Å². The van der Waals surface area contributed by atoms with Crippen LogP contribution in [-0.2, 0) is 4.74 Å². The molecule has 0 bridgehead atoms. The Morgan fingerprint density at radius 1 is 1.12 bits per heavy atom. The van der Waals surface area contributed by atoms with E-state index in [4.69, 9.17) is 39.5 Å². The minimum Gasteiger partial charge on any atom is -0.378 e. The van der Waals surface area contributed by atoms with Crippen LogP contribution in [0, 0.1) is 0 Å². The fourth-order valence-corrected chi connectivity index (χ4v) is 1.82. The summed E-state index contributed by atoms with van der Waals surface area (Å²) in [4.78, 5) is 0. The second-order valence-corrected chi connectivity index (χ2v) is 5.64. The summed E-state index contributed by atoms with van der Waals surface area (Å²) >= 11 is 17.9. The molecule has 0 aromatic heterocycles. The summed E-state index contributed by atoms with van der Waals surface area (Å²) in [5.41, 5.74) is 0.439. The third-order valence-electron chi connectivity index (χ3n) is 2.95. The first-order valence-corrected chi connectivity index (χ1v) is 6.37. The molecule has 1 aromatic carbocycles. The summed E-state index contributed by atoms with van der Waals surface area (Å²) in [7, 11) is 1.68. The SMILES string of the molecule is COC(C)(C)C(C)Nc1cc(Cl)c(Cl)cc1Cl. The van der Waals surface area contributed by atoms with Crippen LogP contribution in [0.1, 0.15) is 20.8 Å². The summed E-state index contributed by atoms with van der Waals surface area (Å²) in [6.07, 6.45) is 0. The molecular formula is C12H16Cl3NO. The molecule has 2 nitrogen and oxygen atoms in total. The van der Waals surface area contributed by atoms with Crippen LogP contribution in [0.5, 0.6) is 0 Å². The third kappa shape index (κ3) is 3.65. The zero-order valence-electron chi connectivity index (χ0n) is 10.3. The van der Waals surface area contributed by atoms with Crippen molar-refractivity contribution in [2.45, 2.75) is 32.4 Å². The molecule has 0 aliphatic rings. The summed E-state index contributed by atoms with van der Waals surface area (Å²) in [5.74, 6) is 0. The van der Waals surface area contributed by atoms with Gasteiger partial charge in [-0.1, -0.05) is 34.8 Å². The predicted octanol–water partition coefficient (Wildman–Crippen LogP) is 4.87. The van der Waals surface area contributed by atoms with Crippen molar-refractivity contribution >= 4 is 40.5 Å².